The number of rotatable bonds is 10. The maximum Gasteiger partial charge on any atom is 0.194 e. The van der Waals surface area contributed by atoms with Crippen molar-refractivity contribution in [2.75, 3.05) is 33.4 Å². The van der Waals surface area contributed by atoms with Gasteiger partial charge < -0.3 is 19.7 Å². The van der Waals surface area contributed by atoms with E-state index in [4.69, 9.17) is 9.47 Å². The van der Waals surface area contributed by atoms with E-state index in [9.17, 15) is 4.39 Å². The van der Waals surface area contributed by atoms with Gasteiger partial charge in [0.15, 0.2) is 17.5 Å². The van der Waals surface area contributed by atoms with E-state index in [1.54, 1.807) is 30.6 Å². The van der Waals surface area contributed by atoms with Crippen molar-refractivity contribution >= 4 is 29.9 Å². The standard InChI is InChI=1S/C22H29FN4O2.HI/c1-3-25-22(27(2)11-12-28-16-17-6-7-17)26-14-18-8-9-21(20(23)13-18)29-19-5-4-10-24-15-19;/h4-5,8-10,13,15,17H,3,6-7,11-12,14,16H2,1-2H3,(H,25,26);1H. The number of halogens is 2. The molecule has 0 bridgehead atoms. The van der Waals surface area contributed by atoms with Crippen LogP contribution in [0.5, 0.6) is 11.5 Å². The zero-order valence-electron chi connectivity index (χ0n) is 17.5. The van der Waals surface area contributed by atoms with Crippen molar-refractivity contribution in [2.45, 2.75) is 26.3 Å². The second-order valence-electron chi connectivity index (χ2n) is 7.17. The predicted octanol–water partition coefficient (Wildman–Crippen LogP) is 4.45. The average Bonchev–Trinajstić information content (AvgIpc) is 3.55. The van der Waals surface area contributed by atoms with Gasteiger partial charge in [0.2, 0.25) is 0 Å². The summed E-state index contributed by atoms with van der Waals surface area (Å²) in [6, 6.07) is 8.37. The molecule has 1 aromatic heterocycles. The van der Waals surface area contributed by atoms with Crippen molar-refractivity contribution in [1.82, 2.24) is 15.2 Å². The Balaban J connectivity index is 0.00000320. The molecule has 2 aromatic rings. The maximum absolute atomic E-state index is 14.4. The summed E-state index contributed by atoms with van der Waals surface area (Å²) in [5.74, 6) is 1.79. The molecule has 6 nitrogen and oxygen atoms in total. The molecule has 0 saturated heterocycles. The van der Waals surface area contributed by atoms with Gasteiger partial charge in [0.1, 0.15) is 5.75 Å². The minimum absolute atomic E-state index is 0. The summed E-state index contributed by atoms with van der Waals surface area (Å²) in [5, 5.41) is 3.27. The second-order valence-corrected chi connectivity index (χ2v) is 7.17. The number of aliphatic imine (C=N–C) groups is 1. The van der Waals surface area contributed by atoms with Crippen LogP contribution >= 0.6 is 24.0 Å². The van der Waals surface area contributed by atoms with Gasteiger partial charge in [-0.15, -0.1) is 24.0 Å². The lowest BCUT2D eigenvalue weighted by atomic mass is 10.2. The minimum Gasteiger partial charge on any atom is -0.453 e. The molecule has 1 saturated carbocycles. The van der Waals surface area contributed by atoms with Crippen molar-refractivity contribution in [1.29, 1.82) is 0 Å². The molecule has 1 N–H and O–H groups in total. The third-order valence-corrected chi connectivity index (χ3v) is 4.59. The van der Waals surface area contributed by atoms with Crippen molar-refractivity contribution in [3.05, 3.63) is 54.1 Å². The van der Waals surface area contributed by atoms with Crippen LogP contribution < -0.4 is 10.1 Å². The van der Waals surface area contributed by atoms with E-state index in [1.807, 2.05) is 24.9 Å². The molecule has 3 rings (SSSR count). The Morgan fingerprint density at radius 3 is 2.83 bits per heavy atom. The molecular formula is C22H30FIN4O2. The third kappa shape index (κ3) is 8.06. The number of nitrogens with one attached hydrogen (secondary N) is 1. The lowest BCUT2D eigenvalue weighted by molar-refractivity contribution is 0.115. The highest BCUT2D eigenvalue weighted by atomic mass is 127. The fourth-order valence-electron chi connectivity index (χ4n) is 2.74. The fourth-order valence-corrected chi connectivity index (χ4v) is 2.74. The van der Waals surface area contributed by atoms with Crippen LogP contribution in [0.15, 0.2) is 47.7 Å². The Morgan fingerprint density at radius 2 is 2.17 bits per heavy atom. The number of ether oxygens (including phenoxy) is 2. The molecule has 1 aliphatic carbocycles. The summed E-state index contributed by atoms with van der Waals surface area (Å²) in [5.41, 5.74) is 0.773. The number of nitrogens with zero attached hydrogens (tertiary/aromatic N) is 3. The topological polar surface area (TPSA) is 59.0 Å². The first-order valence-corrected chi connectivity index (χ1v) is 10.1. The van der Waals surface area contributed by atoms with Gasteiger partial charge in [0, 0.05) is 32.9 Å². The summed E-state index contributed by atoms with van der Waals surface area (Å²) in [7, 11) is 1.98. The van der Waals surface area contributed by atoms with E-state index in [0.29, 0.717) is 18.9 Å². The number of guanidine groups is 1. The van der Waals surface area contributed by atoms with Crippen molar-refractivity contribution in [3.8, 4) is 11.5 Å². The van der Waals surface area contributed by atoms with E-state index < -0.39 is 5.82 Å². The van der Waals surface area contributed by atoms with Gasteiger partial charge in [-0.2, -0.15) is 0 Å². The Kier molecular flexibility index (Phi) is 10.3. The highest BCUT2D eigenvalue weighted by Crippen LogP contribution is 2.28. The molecule has 0 spiro atoms. The van der Waals surface area contributed by atoms with Crippen LogP contribution in [0.2, 0.25) is 0 Å². The number of likely N-dealkylation sites (N-methyl/N-ethyl adjacent to an activating group) is 1. The van der Waals surface area contributed by atoms with Gasteiger partial charge in [-0.05, 0) is 55.5 Å². The monoisotopic (exact) mass is 528 g/mol. The van der Waals surface area contributed by atoms with Gasteiger partial charge in [0.25, 0.3) is 0 Å². The van der Waals surface area contributed by atoms with Crippen LogP contribution in [0.4, 0.5) is 4.39 Å². The first kappa shape index (κ1) is 24.3. The third-order valence-electron chi connectivity index (χ3n) is 4.59. The number of hydrogen-bond donors (Lipinski definition) is 1. The molecule has 164 valence electrons. The number of hydrogen-bond acceptors (Lipinski definition) is 4. The zero-order chi connectivity index (χ0) is 20.5. The number of benzene rings is 1. The smallest absolute Gasteiger partial charge is 0.194 e. The normalized spacial score (nSPS) is 13.5. The molecule has 1 heterocycles. The summed E-state index contributed by atoms with van der Waals surface area (Å²) < 4.78 is 25.6. The van der Waals surface area contributed by atoms with Gasteiger partial charge in [-0.1, -0.05) is 6.07 Å². The van der Waals surface area contributed by atoms with Crippen molar-refractivity contribution < 1.29 is 13.9 Å². The number of pyridine rings is 1. The molecule has 0 radical (unpaired) electrons. The lowest BCUT2D eigenvalue weighted by Gasteiger charge is -2.22. The first-order valence-electron chi connectivity index (χ1n) is 10.1. The lowest BCUT2D eigenvalue weighted by Crippen LogP contribution is -2.40. The molecule has 0 amide bonds. The van der Waals surface area contributed by atoms with Gasteiger partial charge in [-0.25, -0.2) is 9.38 Å². The molecule has 1 aliphatic rings. The van der Waals surface area contributed by atoms with Crippen molar-refractivity contribution in [3.63, 3.8) is 0 Å². The van der Waals surface area contributed by atoms with Gasteiger partial charge in [0.05, 0.1) is 19.3 Å². The summed E-state index contributed by atoms with van der Waals surface area (Å²) in [6.07, 6.45) is 5.78. The average molecular weight is 528 g/mol. The molecule has 0 atom stereocenters. The summed E-state index contributed by atoms with van der Waals surface area (Å²) in [4.78, 5) is 10.6. The van der Waals surface area contributed by atoms with Crippen LogP contribution in [-0.2, 0) is 11.3 Å². The van der Waals surface area contributed by atoms with Gasteiger partial charge >= 0.3 is 0 Å². The molecule has 0 unspecified atom stereocenters. The Bertz CT molecular complexity index is 803. The molecule has 30 heavy (non-hydrogen) atoms. The minimum atomic E-state index is -0.423. The van der Waals surface area contributed by atoms with E-state index in [0.717, 1.165) is 37.1 Å². The van der Waals surface area contributed by atoms with E-state index in [-0.39, 0.29) is 29.7 Å². The fraction of sp³-hybridized carbons (Fsp3) is 0.455. The van der Waals surface area contributed by atoms with Crippen molar-refractivity contribution in [2.24, 2.45) is 10.9 Å². The largest absolute Gasteiger partial charge is 0.453 e. The van der Waals surface area contributed by atoms with Crippen LogP contribution in [0.1, 0.15) is 25.3 Å². The summed E-state index contributed by atoms with van der Waals surface area (Å²) >= 11 is 0. The molecule has 0 aliphatic heterocycles. The SMILES string of the molecule is CCNC(=NCc1ccc(Oc2cccnc2)c(F)c1)N(C)CCOCC1CC1.I. The zero-order valence-corrected chi connectivity index (χ0v) is 19.8. The van der Waals surface area contributed by atoms with Crippen LogP contribution in [0.3, 0.4) is 0 Å². The first-order chi connectivity index (χ1) is 14.2. The highest BCUT2D eigenvalue weighted by Gasteiger charge is 2.21. The van der Waals surface area contributed by atoms with E-state index in [2.05, 4.69) is 15.3 Å². The number of aromatic nitrogens is 1. The molecular weight excluding hydrogens is 498 g/mol. The Morgan fingerprint density at radius 1 is 1.33 bits per heavy atom. The Hall–Kier alpha value is -1.94. The van der Waals surface area contributed by atoms with E-state index >= 15 is 0 Å². The van der Waals surface area contributed by atoms with Crippen LogP contribution in [0.25, 0.3) is 0 Å². The quantitative estimate of drug-likeness (QED) is 0.214. The molecule has 1 fully saturated rings. The summed E-state index contributed by atoms with van der Waals surface area (Å²) in [6.45, 7) is 5.45. The van der Waals surface area contributed by atoms with Gasteiger partial charge in [-0.3, -0.25) is 4.98 Å². The van der Waals surface area contributed by atoms with Crippen LogP contribution in [0, 0.1) is 11.7 Å². The van der Waals surface area contributed by atoms with Crippen LogP contribution in [-0.4, -0.2) is 49.2 Å². The van der Waals surface area contributed by atoms with E-state index in [1.165, 1.54) is 18.9 Å². The molecule has 8 heteroatoms. The predicted molar refractivity (Wildman–Crippen MR) is 127 cm³/mol. The maximum atomic E-state index is 14.4. The molecule has 1 aromatic carbocycles. The second kappa shape index (κ2) is 12.7. The Labute approximate surface area is 194 Å². The highest BCUT2D eigenvalue weighted by molar-refractivity contribution is 14.0.